The lowest BCUT2D eigenvalue weighted by atomic mass is 10.0. The molecular formula is C15H22N2O3. The maximum Gasteiger partial charge on any atom is 0.253 e. The summed E-state index contributed by atoms with van der Waals surface area (Å²) in [7, 11) is 3.47. The summed E-state index contributed by atoms with van der Waals surface area (Å²) in [6.45, 7) is 3.63. The number of rotatable bonds is 5. The summed E-state index contributed by atoms with van der Waals surface area (Å²) in [5.74, 6) is -0.0959. The Bertz CT molecular complexity index is 482. The molecule has 0 saturated carbocycles. The molecule has 1 aliphatic rings. The van der Waals surface area contributed by atoms with Crippen LogP contribution in [0.15, 0.2) is 18.2 Å². The van der Waals surface area contributed by atoms with Gasteiger partial charge < -0.3 is 20.1 Å². The molecule has 1 unspecified atom stereocenters. The van der Waals surface area contributed by atoms with Crippen molar-refractivity contribution in [1.29, 1.82) is 0 Å². The SMILES string of the molecule is CNc1ccc(C)cc1C(=O)NCC1(OC)CCOC1. The van der Waals surface area contributed by atoms with E-state index in [1.807, 2.05) is 32.2 Å². The van der Waals surface area contributed by atoms with Crippen molar-refractivity contribution in [3.8, 4) is 0 Å². The first-order valence-corrected chi connectivity index (χ1v) is 6.80. The highest BCUT2D eigenvalue weighted by atomic mass is 16.5. The number of aryl methyl sites for hydroxylation is 1. The van der Waals surface area contributed by atoms with Crippen molar-refractivity contribution in [3.63, 3.8) is 0 Å². The first-order chi connectivity index (χ1) is 9.60. The topological polar surface area (TPSA) is 59.6 Å². The number of benzene rings is 1. The van der Waals surface area contributed by atoms with Gasteiger partial charge in [-0.1, -0.05) is 11.6 Å². The van der Waals surface area contributed by atoms with Crippen molar-refractivity contribution in [3.05, 3.63) is 29.3 Å². The predicted molar refractivity (Wildman–Crippen MR) is 78.2 cm³/mol. The zero-order valence-electron chi connectivity index (χ0n) is 12.3. The Morgan fingerprint density at radius 3 is 2.90 bits per heavy atom. The van der Waals surface area contributed by atoms with E-state index in [0.29, 0.717) is 25.3 Å². The molecule has 0 spiro atoms. The van der Waals surface area contributed by atoms with Crippen LogP contribution in [-0.2, 0) is 9.47 Å². The highest BCUT2D eigenvalue weighted by Crippen LogP contribution is 2.22. The Labute approximate surface area is 119 Å². The van der Waals surface area contributed by atoms with Crippen LogP contribution in [0.2, 0.25) is 0 Å². The van der Waals surface area contributed by atoms with Gasteiger partial charge in [0.1, 0.15) is 5.60 Å². The molecule has 2 N–H and O–H groups in total. The summed E-state index contributed by atoms with van der Waals surface area (Å²) in [5, 5.41) is 5.99. The molecule has 1 aliphatic heterocycles. The van der Waals surface area contributed by atoms with Crippen molar-refractivity contribution in [1.82, 2.24) is 5.32 Å². The monoisotopic (exact) mass is 278 g/mol. The lowest BCUT2D eigenvalue weighted by Crippen LogP contribution is -2.45. The fourth-order valence-electron chi connectivity index (χ4n) is 2.36. The van der Waals surface area contributed by atoms with E-state index < -0.39 is 0 Å². The van der Waals surface area contributed by atoms with Crippen LogP contribution in [0.4, 0.5) is 5.69 Å². The lowest BCUT2D eigenvalue weighted by Gasteiger charge is -2.26. The fraction of sp³-hybridized carbons (Fsp3) is 0.533. The molecule has 1 saturated heterocycles. The van der Waals surface area contributed by atoms with Crippen molar-refractivity contribution in [2.24, 2.45) is 0 Å². The second-order valence-electron chi connectivity index (χ2n) is 5.17. The molecule has 1 heterocycles. The second kappa shape index (κ2) is 6.24. The molecule has 1 atom stereocenters. The van der Waals surface area contributed by atoms with Crippen LogP contribution in [-0.4, -0.2) is 45.4 Å². The van der Waals surface area contributed by atoms with Gasteiger partial charge in [0.25, 0.3) is 5.91 Å². The smallest absolute Gasteiger partial charge is 0.253 e. The standard InChI is InChI=1S/C15H22N2O3/c1-11-4-5-13(16-2)12(8-11)14(18)17-9-15(19-3)6-7-20-10-15/h4-5,8,16H,6-7,9-10H2,1-3H3,(H,17,18). The molecule has 0 radical (unpaired) electrons. The third kappa shape index (κ3) is 3.11. The van der Waals surface area contributed by atoms with E-state index in [-0.39, 0.29) is 11.5 Å². The molecule has 20 heavy (non-hydrogen) atoms. The number of hydrogen-bond donors (Lipinski definition) is 2. The van der Waals surface area contributed by atoms with Crippen LogP contribution in [0.3, 0.4) is 0 Å². The third-order valence-corrected chi connectivity index (χ3v) is 3.76. The Morgan fingerprint density at radius 1 is 1.50 bits per heavy atom. The molecule has 1 aromatic carbocycles. The number of anilines is 1. The molecule has 0 bridgehead atoms. The second-order valence-corrected chi connectivity index (χ2v) is 5.17. The maximum absolute atomic E-state index is 12.3. The van der Waals surface area contributed by atoms with Crippen molar-refractivity contribution in [2.45, 2.75) is 18.9 Å². The number of carbonyl (C=O) groups is 1. The molecule has 110 valence electrons. The number of methoxy groups -OCH3 is 1. The van der Waals surface area contributed by atoms with Gasteiger partial charge in [0.05, 0.1) is 12.2 Å². The van der Waals surface area contributed by atoms with E-state index in [0.717, 1.165) is 17.7 Å². The van der Waals surface area contributed by atoms with Gasteiger partial charge in [-0.05, 0) is 19.1 Å². The van der Waals surface area contributed by atoms with Gasteiger partial charge in [-0.2, -0.15) is 0 Å². The summed E-state index contributed by atoms with van der Waals surface area (Å²) >= 11 is 0. The molecular weight excluding hydrogens is 256 g/mol. The molecule has 0 aliphatic carbocycles. The maximum atomic E-state index is 12.3. The minimum absolute atomic E-state index is 0.0959. The summed E-state index contributed by atoms with van der Waals surface area (Å²) in [6, 6.07) is 5.77. The summed E-state index contributed by atoms with van der Waals surface area (Å²) in [5.41, 5.74) is 2.14. The highest BCUT2D eigenvalue weighted by molar-refractivity contribution is 5.99. The van der Waals surface area contributed by atoms with Crippen LogP contribution in [0.25, 0.3) is 0 Å². The molecule has 5 nitrogen and oxygen atoms in total. The van der Waals surface area contributed by atoms with Crippen LogP contribution < -0.4 is 10.6 Å². The fourth-order valence-corrected chi connectivity index (χ4v) is 2.36. The molecule has 2 rings (SSSR count). The first-order valence-electron chi connectivity index (χ1n) is 6.80. The molecule has 0 aromatic heterocycles. The first kappa shape index (κ1) is 14.8. The highest BCUT2D eigenvalue weighted by Gasteiger charge is 2.35. The number of carbonyl (C=O) groups excluding carboxylic acids is 1. The number of amides is 1. The van der Waals surface area contributed by atoms with E-state index in [9.17, 15) is 4.79 Å². The largest absolute Gasteiger partial charge is 0.387 e. The van der Waals surface area contributed by atoms with Crippen LogP contribution in [0.1, 0.15) is 22.3 Å². The van der Waals surface area contributed by atoms with Crippen LogP contribution in [0.5, 0.6) is 0 Å². The molecule has 5 heteroatoms. The quantitative estimate of drug-likeness (QED) is 0.858. The summed E-state index contributed by atoms with van der Waals surface area (Å²) in [4.78, 5) is 12.3. The van der Waals surface area contributed by atoms with E-state index in [2.05, 4.69) is 10.6 Å². The van der Waals surface area contributed by atoms with Crippen molar-refractivity contribution in [2.75, 3.05) is 39.2 Å². The number of nitrogens with one attached hydrogen (secondary N) is 2. The van der Waals surface area contributed by atoms with Gasteiger partial charge in [0.15, 0.2) is 0 Å². The molecule has 1 aromatic rings. The summed E-state index contributed by atoms with van der Waals surface area (Å²) in [6.07, 6.45) is 0.802. The number of ether oxygens (including phenoxy) is 2. The normalized spacial score (nSPS) is 21.8. The lowest BCUT2D eigenvalue weighted by molar-refractivity contribution is -0.0148. The minimum atomic E-state index is -0.390. The van der Waals surface area contributed by atoms with Crippen molar-refractivity contribution >= 4 is 11.6 Å². The van der Waals surface area contributed by atoms with Gasteiger partial charge in [-0.15, -0.1) is 0 Å². The van der Waals surface area contributed by atoms with Gasteiger partial charge in [0, 0.05) is 39.4 Å². The van der Waals surface area contributed by atoms with E-state index in [1.54, 1.807) is 7.11 Å². The summed E-state index contributed by atoms with van der Waals surface area (Å²) < 4.78 is 10.9. The average molecular weight is 278 g/mol. The Hall–Kier alpha value is -1.59. The minimum Gasteiger partial charge on any atom is -0.387 e. The van der Waals surface area contributed by atoms with Crippen LogP contribution in [0, 0.1) is 6.92 Å². The Balaban J connectivity index is 2.06. The van der Waals surface area contributed by atoms with Gasteiger partial charge >= 0.3 is 0 Å². The third-order valence-electron chi connectivity index (χ3n) is 3.76. The Morgan fingerprint density at radius 2 is 2.30 bits per heavy atom. The van der Waals surface area contributed by atoms with E-state index >= 15 is 0 Å². The average Bonchev–Trinajstić information content (AvgIpc) is 2.94. The zero-order valence-corrected chi connectivity index (χ0v) is 12.3. The Kier molecular flexibility index (Phi) is 4.62. The molecule has 1 fully saturated rings. The molecule has 1 amide bonds. The van der Waals surface area contributed by atoms with E-state index in [1.165, 1.54) is 0 Å². The van der Waals surface area contributed by atoms with Gasteiger partial charge in [-0.3, -0.25) is 4.79 Å². The van der Waals surface area contributed by atoms with E-state index in [4.69, 9.17) is 9.47 Å². The predicted octanol–water partition coefficient (Wildman–Crippen LogP) is 1.57. The zero-order chi connectivity index (χ0) is 14.6. The van der Waals surface area contributed by atoms with Gasteiger partial charge in [-0.25, -0.2) is 0 Å². The van der Waals surface area contributed by atoms with Gasteiger partial charge in [0.2, 0.25) is 0 Å². The van der Waals surface area contributed by atoms with Crippen LogP contribution >= 0.6 is 0 Å². The number of hydrogen-bond acceptors (Lipinski definition) is 4. The van der Waals surface area contributed by atoms with Crippen molar-refractivity contribution < 1.29 is 14.3 Å².